The van der Waals surface area contributed by atoms with Crippen molar-refractivity contribution in [3.63, 3.8) is 0 Å². The van der Waals surface area contributed by atoms with Crippen LogP contribution >= 0.6 is 23.1 Å². The van der Waals surface area contributed by atoms with Gasteiger partial charge in [-0.25, -0.2) is 0 Å². The molecule has 0 aliphatic rings. The molecule has 0 unspecified atom stereocenters. The highest BCUT2D eigenvalue weighted by Gasteiger charge is 2.15. The molecule has 0 saturated carbocycles. The number of nitrogens with two attached hydrogens (primary N) is 1. The van der Waals surface area contributed by atoms with Crippen molar-refractivity contribution in [3.05, 3.63) is 23.4 Å². The molecule has 0 spiro atoms. The normalized spacial score (nSPS) is 12.9. The number of hydrogen-bond donors (Lipinski definition) is 1. The molecule has 6 heteroatoms. The lowest BCUT2D eigenvalue weighted by Gasteiger charge is -2.03. The van der Waals surface area contributed by atoms with Crippen molar-refractivity contribution in [3.8, 4) is 10.7 Å². The zero-order valence-corrected chi connectivity index (χ0v) is 10.6. The lowest BCUT2D eigenvalue weighted by atomic mass is 10.2. The molecule has 2 aromatic heterocycles. The van der Waals surface area contributed by atoms with Gasteiger partial charge < -0.3 is 10.3 Å². The summed E-state index contributed by atoms with van der Waals surface area (Å²) >= 11 is 3.35. The van der Waals surface area contributed by atoms with E-state index in [9.17, 15) is 0 Å². The fourth-order valence-corrected chi connectivity index (χ4v) is 2.40. The van der Waals surface area contributed by atoms with Crippen LogP contribution in [0.25, 0.3) is 10.7 Å². The van der Waals surface area contributed by atoms with Gasteiger partial charge in [-0.2, -0.15) is 16.7 Å². The van der Waals surface area contributed by atoms with Crippen LogP contribution in [0.5, 0.6) is 0 Å². The van der Waals surface area contributed by atoms with Crippen LogP contribution in [0, 0.1) is 0 Å². The van der Waals surface area contributed by atoms with E-state index in [1.807, 2.05) is 17.5 Å². The van der Waals surface area contributed by atoms with Gasteiger partial charge in [0, 0.05) is 0 Å². The lowest BCUT2D eigenvalue weighted by Crippen LogP contribution is -2.11. The summed E-state index contributed by atoms with van der Waals surface area (Å²) < 4.78 is 5.16. The molecule has 0 saturated heterocycles. The Morgan fingerprint density at radius 2 is 2.50 bits per heavy atom. The first-order chi connectivity index (χ1) is 7.81. The molecule has 16 heavy (non-hydrogen) atoms. The quantitative estimate of drug-likeness (QED) is 0.889. The Morgan fingerprint density at radius 3 is 3.19 bits per heavy atom. The third-order valence-electron chi connectivity index (χ3n) is 2.13. The average molecular weight is 255 g/mol. The van der Waals surface area contributed by atoms with Crippen LogP contribution in [0.3, 0.4) is 0 Å². The zero-order valence-electron chi connectivity index (χ0n) is 8.92. The van der Waals surface area contributed by atoms with E-state index in [0.29, 0.717) is 11.7 Å². The Balaban J connectivity index is 2.07. The van der Waals surface area contributed by atoms with E-state index >= 15 is 0 Å². The monoisotopic (exact) mass is 255 g/mol. The zero-order chi connectivity index (χ0) is 11.4. The Hall–Kier alpha value is -0.850. The van der Waals surface area contributed by atoms with Gasteiger partial charge in [-0.15, -0.1) is 11.3 Å². The summed E-state index contributed by atoms with van der Waals surface area (Å²) in [6.07, 6.45) is 2.91. The molecule has 2 rings (SSSR count). The maximum Gasteiger partial charge on any atom is 0.243 e. The van der Waals surface area contributed by atoms with E-state index in [1.54, 1.807) is 23.1 Å². The smallest absolute Gasteiger partial charge is 0.243 e. The van der Waals surface area contributed by atoms with Crippen LogP contribution in [-0.2, 0) is 0 Å². The summed E-state index contributed by atoms with van der Waals surface area (Å²) in [6.45, 7) is 0. The minimum absolute atomic E-state index is 0.159. The molecule has 0 aromatic carbocycles. The number of rotatable bonds is 5. The first kappa shape index (κ1) is 11.6. The van der Waals surface area contributed by atoms with E-state index in [-0.39, 0.29) is 6.04 Å². The standard InChI is InChI=1S/C10H13N3OS2/c1-15-6-4-7(11)10-12-9(13-14-10)8-3-2-5-16-8/h2-3,5,7H,4,6,11H2,1H3/t7-/m1/s1. The van der Waals surface area contributed by atoms with Crippen molar-refractivity contribution in [1.82, 2.24) is 10.1 Å². The molecule has 86 valence electrons. The molecule has 0 aliphatic carbocycles. The molecule has 0 amide bonds. The van der Waals surface area contributed by atoms with Crippen molar-refractivity contribution in [2.75, 3.05) is 12.0 Å². The SMILES string of the molecule is CSCC[C@@H](N)c1nc(-c2cccs2)no1. The predicted molar refractivity (Wildman–Crippen MR) is 67.5 cm³/mol. The van der Waals surface area contributed by atoms with Gasteiger partial charge in [-0.05, 0) is 29.9 Å². The van der Waals surface area contributed by atoms with Gasteiger partial charge >= 0.3 is 0 Å². The van der Waals surface area contributed by atoms with Gasteiger partial charge in [0.15, 0.2) is 0 Å². The van der Waals surface area contributed by atoms with Crippen molar-refractivity contribution < 1.29 is 4.52 Å². The first-order valence-electron chi connectivity index (χ1n) is 4.93. The van der Waals surface area contributed by atoms with Crippen LogP contribution in [0.2, 0.25) is 0 Å². The van der Waals surface area contributed by atoms with E-state index < -0.39 is 0 Å². The van der Waals surface area contributed by atoms with Gasteiger partial charge in [0.25, 0.3) is 0 Å². The summed E-state index contributed by atoms with van der Waals surface area (Å²) in [5.74, 6) is 2.15. The van der Waals surface area contributed by atoms with Crippen LogP contribution in [0.1, 0.15) is 18.4 Å². The van der Waals surface area contributed by atoms with E-state index in [1.165, 1.54) is 0 Å². The van der Waals surface area contributed by atoms with Gasteiger partial charge in [-0.1, -0.05) is 11.2 Å². The topological polar surface area (TPSA) is 64.9 Å². The lowest BCUT2D eigenvalue weighted by molar-refractivity contribution is 0.353. The molecule has 0 aliphatic heterocycles. The second-order valence-electron chi connectivity index (χ2n) is 3.32. The molecular weight excluding hydrogens is 242 g/mol. The highest BCUT2D eigenvalue weighted by Crippen LogP contribution is 2.23. The molecule has 2 aromatic rings. The molecule has 0 fully saturated rings. The van der Waals surface area contributed by atoms with Crippen molar-refractivity contribution >= 4 is 23.1 Å². The van der Waals surface area contributed by atoms with Crippen molar-refractivity contribution in [1.29, 1.82) is 0 Å². The van der Waals surface area contributed by atoms with E-state index in [2.05, 4.69) is 16.4 Å². The van der Waals surface area contributed by atoms with Gasteiger partial charge in [0.05, 0.1) is 10.9 Å². The predicted octanol–water partition coefficient (Wildman–Crippen LogP) is 2.55. The number of thioether (sulfide) groups is 1. The summed E-state index contributed by atoms with van der Waals surface area (Å²) in [4.78, 5) is 5.31. The van der Waals surface area contributed by atoms with Crippen LogP contribution in [0.4, 0.5) is 0 Å². The van der Waals surface area contributed by atoms with Crippen LogP contribution in [0.15, 0.2) is 22.0 Å². The van der Waals surface area contributed by atoms with Gasteiger partial charge in [0.2, 0.25) is 11.7 Å². The van der Waals surface area contributed by atoms with Crippen molar-refractivity contribution in [2.24, 2.45) is 5.73 Å². The third kappa shape index (κ3) is 2.63. The van der Waals surface area contributed by atoms with Crippen LogP contribution in [-0.4, -0.2) is 22.1 Å². The molecule has 2 heterocycles. The van der Waals surface area contributed by atoms with Gasteiger partial charge in [0.1, 0.15) is 0 Å². The molecule has 4 nitrogen and oxygen atoms in total. The largest absolute Gasteiger partial charge is 0.337 e. The molecule has 1 atom stereocenters. The second-order valence-corrected chi connectivity index (χ2v) is 5.25. The minimum Gasteiger partial charge on any atom is -0.337 e. The summed E-state index contributed by atoms with van der Waals surface area (Å²) in [6, 6.07) is 3.77. The molecule has 0 radical (unpaired) electrons. The Kier molecular flexibility index (Phi) is 3.98. The number of thiophene rings is 1. The van der Waals surface area contributed by atoms with Crippen molar-refractivity contribution in [2.45, 2.75) is 12.5 Å². The highest BCUT2D eigenvalue weighted by molar-refractivity contribution is 7.98. The Bertz CT molecular complexity index is 427. The minimum atomic E-state index is -0.159. The first-order valence-corrected chi connectivity index (χ1v) is 7.20. The Labute approximate surface area is 102 Å². The third-order valence-corrected chi connectivity index (χ3v) is 3.64. The average Bonchev–Trinajstić information content (AvgIpc) is 2.94. The highest BCUT2D eigenvalue weighted by atomic mass is 32.2. The van der Waals surface area contributed by atoms with E-state index in [4.69, 9.17) is 10.3 Å². The van der Waals surface area contributed by atoms with Crippen LogP contribution < -0.4 is 5.73 Å². The maximum absolute atomic E-state index is 5.94. The number of hydrogen-bond acceptors (Lipinski definition) is 6. The molecular formula is C10H13N3OS2. The van der Waals surface area contributed by atoms with E-state index in [0.717, 1.165) is 17.1 Å². The number of nitrogens with zero attached hydrogens (tertiary/aromatic N) is 2. The summed E-state index contributed by atoms with van der Waals surface area (Å²) in [5, 5.41) is 5.91. The fourth-order valence-electron chi connectivity index (χ4n) is 1.26. The maximum atomic E-state index is 5.94. The Morgan fingerprint density at radius 1 is 1.62 bits per heavy atom. The summed E-state index contributed by atoms with van der Waals surface area (Å²) in [7, 11) is 0. The summed E-state index contributed by atoms with van der Waals surface area (Å²) in [5.41, 5.74) is 5.94. The fraction of sp³-hybridized carbons (Fsp3) is 0.400. The van der Waals surface area contributed by atoms with Gasteiger partial charge in [-0.3, -0.25) is 0 Å². The molecule has 0 bridgehead atoms. The number of aromatic nitrogens is 2. The second kappa shape index (κ2) is 5.47. The molecule has 2 N–H and O–H groups in total.